The van der Waals surface area contributed by atoms with Crippen LogP contribution in [0, 0.1) is 20.8 Å². The molecule has 0 aromatic heterocycles. The van der Waals surface area contributed by atoms with Gasteiger partial charge in [-0.15, -0.1) is 0 Å². The summed E-state index contributed by atoms with van der Waals surface area (Å²) in [5.41, 5.74) is 8.12. The summed E-state index contributed by atoms with van der Waals surface area (Å²) in [6, 6.07) is 34.9. The van der Waals surface area contributed by atoms with Crippen LogP contribution in [0.4, 0.5) is 17.1 Å². The maximum absolute atomic E-state index is 5.36. The molecule has 1 fully saturated rings. The van der Waals surface area contributed by atoms with Crippen molar-refractivity contribution in [1.82, 2.24) is 0 Å². The number of rotatable bonds is 3. The van der Waals surface area contributed by atoms with E-state index >= 15 is 0 Å². The van der Waals surface area contributed by atoms with E-state index in [0.717, 1.165) is 23.8 Å². The molecule has 0 amide bonds. The highest BCUT2D eigenvalue weighted by atomic mass is 32.2. The van der Waals surface area contributed by atoms with Crippen molar-refractivity contribution in [3.63, 3.8) is 0 Å². The van der Waals surface area contributed by atoms with Crippen molar-refractivity contribution in [2.75, 3.05) is 22.9 Å². The van der Waals surface area contributed by atoms with Crippen LogP contribution in [0.1, 0.15) is 22.3 Å². The average Bonchev–Trinajstić information content (AvgIpc) is 3.41. The summed E-state index contributed by atoms with van der Waals surface area (Å²) in [5, 5.41) is 1.10. The van der Waals surface area contributed by atoms with Crippen LogP contribution in [0.25, 0.3) is 0 Å². The van der Waals surface area contributed by atoms with Gasteiger partial charge >= 0.3 is 0 Å². The largest absolute Gasteiger partial charge is 0.337 e. The topological polar surface area (TPSA) is 18.8 Å². The van der Waals surface area contributed by atoms with Gasteiger partial charge in [-0.05, 0) is 62.2 Å². The number of hydrogen-bond donors (Lipinski definition) is 0. The maximum Gasteiger partial charge on any atom is 0.191 e. The number of benzene rings is 4. The SMILES string of the molecule is Cc1ccc(N=C2Sc3ccccc3C23N(c2ccccc2C)CCN3c2ccccc2C)cc1. The number of aryl methyl sites for hydroxylation is 3. The van der Waals surface area contributed by atoms with Gasteiger partial charge in [0.15, 0.2) is 5.66 Å². The Bertz CT molecular complexity index is 1370. The Morgan fingerprint density at radius 2 is 1.20 bits per heavy atom. The van der Waals surface area contributed by atoms with Gasteiger partial charge in [-0.2, -0.15) is 0 Å². The van der Waals surface area contributed by atoms with Crippen molar-refractivity contribution in [2.24, 2.45) is 4.99 Å². The van der Waals surface area contributed by atoms with E-state index in [-0.39, 0.29) is 0 Å². The van der Waals surface area contributed by atoms with E-state index in [1.165, 1.54) is 38.5 Å². The molecule has 0 N–H and O–H groups in total. The van der Waals surface area contributed by atoms with Crippen molar-refractivity contribution in [1.29, 1.82) is 0 Å². The fourth-order valence-corrected chi connectivity index (χ4v) is 6.78. The van der Waals surface area contributed by atoms with Crippen LogP contribution in [0.3, 0.4) is 0 Å². The van der Waals surface area contributed by atoms with Crippen molar-refractivity contribution in [3.8, 4) is 0 Å². The molecule has 4 heteroatoms. The molecule has 0 aliphatic carbocycles. The predicted molar refractivity (Wildman–Crippen MR) is 149 cm³/mol. The Labute approximate surface area is 212 Å². The number of nitrogens with zero attached hydrogens (tertiary/aromatic N) is 3. The first-order chi connectivity index (χ1) is 17.1. The molecule has 174 valence electrons. The third kappa shape index (κ3) is 3.47. The number of aliphatic imine (C=N–C) groups is 1. The van der Waals surface area contributed by atoms with Gasteiger partial charge in [-0.1, -0.05) is 84.1 Å². The molecule has 1 saturated heterocycles. The molecule has 3 nitrogen and oxygen atoms in total. The molecule has 35 heavy (non-hydrogen) atoms. The first-order valence-corrected chi connectivity index (χ1v) is 13.0. The summed E-state index contributed by atoms with van der Waals surface area (Å²) in [6.45, 7) is 8.38. The minimum absolute atomic E-state index is 0.510. The minimum Gasteiger partial charge on any atom is -0.337 e. The highest BCUT2D eigenvalue weighted by Crippen LogP contribution is 2.55. The molecule has 2 aliphatic rings. The lowest BCUT2D eigenvalue weighted by Gasteiger charge is -2.44. The summed E-state index contributed by atoms with van der Waals surface area (Å²) in [6.07, 6.45) is 0. The summed E-state index contributed by atoms with van der Waals surface area (Å²) < 4.78 is 0. The van der Waals surface area contributed by atoms with E-state index in [9.17, 15) is 0 Å². The normalized spacial score (nSPS) is 17.4. The van der Waals surface area contributed by atoms with Crippen molar-refractivity contribution < 1.29 is 0 Å². The molecular weight excluding hydrogens is 446 g/mol. The van der Waals surface area contributed by atoms with E-state index in [4.69, 9.17) is 4.99 Å². The number of thioether (sulfide) groups is 1. The van der Waals surface area contributed by atoms with E-state index < -0.39 is 5.66 Å². The van der Waals surface area contributed by atoms with Gasteiger partial charge in [-0.25, -0.2) is 4.99 Å². The summed E-state index contributed by atoms with van der Waals surface area (Å²) >= 11 is 1.81. The molecule has 0 saturated carbocycles. The fraction of sp³-hybridized carbons (Fsp3) is 0.194. The lowest BCUT2D eigenvalue weighted by Crippen LogP contribution is -2.54. The van der Waals surface area contributed by atoms with E-state index in [2.05, 4.69) is 128 Å². The molecule has 4 aromatic rings. The second-order valence-corrected chi connectivity index (χ2v) is 10.4. The Kier molecular flexibility index (Phi) is 5.42. The van der Waals surface area contributed by atoms with Crippen molar-refractivity contribution in [3.05, 3.63) is 119 Å². The number of anilines is 2. The zero-order valence-electron chi connectivity index (χ0n) is 20.4. The van der Waals surface area contributed by atoms with Gasteiger partial charge < -0.3 is 9.80 Å². The number of hydrogen-bond acceptors (Lipinski definition) is 4. The molecule has 4 aromatic carbocycles. The lowest BCUT2D eigenvalue weighted by molar-refractivity contribution is 0.602. The summed E-state index contributed by atoms with van der Waals surface area (Å²) in [4.78, 5) is 11.8. The number of para-hydroxylation sites is 2. The first kappa shape index (κ1) is 22.0. The third-order valence-electron chi connectivity index (χ3n) is 7.17. The van der Waals surface area contributed by atoms with Crippen LogP contribution in [0.15, 0.2) is 107 Å². The average molecular weight is 476 g/mol. The van der Waals surface area contributed by atoms with Crippen LogP contribution in [-0.4, -0.2) is 18.1 Å². The molecular formula is C31H29N3S. The van der Waals surface area contributed by atoms with Crippen molar-refractivity contribution in [2.45, 2.75) is 31.3 Å². The zero-order valence-corrected chi connectivity index (χ0v) is 21.2. The molecule has 2 heterocycles. The van der Waals surface area contributed by atoms with Crippen molar-refractivity contribution >= 4 is 33.9 Å². The van der Waals surface area contributed by atoms with Gasteiger partial charge in [0.2, 0.25) is 0 Å². The highest BCUT2D eigenvalue weighted by molar-refractivity contribution is 8.14. The number of fused-ring (bicyclic) bond motifs is 2. The van der Waals surface area contributed by atoms with E-state index in [0.29, 0.717) is 0 Å². The lowest BCUT2D eigenvalue weighted by atomic mass is 9.95. The van der Waals surface area contributed by atoms with Gasteiger partial charge in [0.1, 0.15) is 5.04 Å². The van der Waals surface area contributed by atoms with Crippen LogP contribution in [0.5, 0.6) is 0 Å². The van der Waals surface area contributed by atoms with E-state index in [1.807, 2.05) is 0 Å². The molecule has 0 atom stereocenters. The van der Waals surface area contributed by atoms with Crippen LogP contribution in [-0.2, 0) is 5.66 Å². The van der Waals surface area contributed by atoms with Crippen LogP contribution < -0.4 is 9.80 Å². The second-order valence-electron chi connectivity index (χ2n) is 9.40. The molecule has 1 spiro atoms. The fourth-order valence-electron chi connectivity index (χ4n) is 5.48. The standard InChI is InChI=1S/C31H29N3S/c1-22-16-18-25(19-17-22)32-30-31(26-12-6-9-15-29(26)35-30)33(27-13-7-4-10-23(27)2)20-21-34(31)28-14-8-5-11-24(28)3/h4-19H,20-21H2,1-3H3. The van der Waals surface area contributed by atoms with Gasteiger partial charge in [0.25, 0.3) is 0 Å². The molecule has 2 aliphatic heterocycles. The Morgan fingerprint density at radius 1 is 0.657 bits per heavy atom. The quantitative estimate of drug-likeness (QED) is 0.304. The summed E-state index contributed by atoms with van der Waals surface area (Å²) in [7, 11) is 0. The summed E-state index contributed by atoms with van der Waals surface area (Å²) in [5.74, 6) is 0. The van der Waals surface area contributed by atoms with E-state index in [1.54, 1.807) is 11.8 Å². The first-order valence-electron chi connectivity index (χ1n) is 12.2. The van der Waals surface area contributed by atoms with Gasteiger partial charge in [0, 0.05) is 34.9 Å². The highest BCUT2D eigenvalue weighted by Gasteiger charge is 2.58. The van der Waals surface area contributed by atoms with Gasteiger partial charge in [-0.3, -0.25) is 0 Å². The monoisotopic (exact) mass is 475 g/mol. The third-order valence-corrected chi connectivity index (χ3v) is 8.32. The molecule has 0 unspecified atom stereocenters. The molecule has 0 bridgehead atoms. The Morgan fingerprint density at radius 3 is 1.80 bits per heavy atom. The zero-order chi connectivity index (χ0) is 24.0. The predicted octanol–water partition coefficient (Wildman–Crippen LogP) is 7.63. The minimum atomic E-state index is -0.510. The Hall–Kier alpha value is -3.50. The smallest absolute Gasteiger partial charge is 0.191 e. The van der Waals surface area contributed by atoms with Crippen LogP contribution in [0.2, 0.25) is 0 Å². The molecule has 6 rings (SSSR count). The second kappa shape index (κ2) is 8.62. The Balaban J connectivity index is 1.66. The maximum atomic E-state index is 5.36. The van der Waals surface area contributed by atoms with Crippen LogP contribution >= 0.6 is 11.8 Å². The molecule has 0 radical (unpaired) electrons. The van der Waals surface area contributed by atoms with Gasteiger partial charge in [0.05, 0.1) is 5.69 Å².